The van der Waals surface area contributed by atoms with Gasteiger partial charge in [-0.25, -0.2) is 9.07 Å². The fourth-order valence-electron chi connectivity index (χ4n) is 4.19. The Morgan fingerprint density at radius 3 is 2.47 bits per heavy atom. The summed E-state index contributed by atoms with van der Waals surface area (Å²) >= 11 is 0. The molecule has 3 aromatic carbocycles. The number of hydrogen-bond acceptors (Lipinski definition) is 5. The first-order valence-electron chi connectivity index (χ1n) is 11.0. The lowest BCUT2D eigenvalue weighted by Gasteiger charge is -2.13. The summed E-state index contributed by atoms with van der Waals surface area (Å²) in [4.78, 5) is 29.6. The van der Waals surface area contributed by atoms with Crippen molar-refractivity contribution in [2.75, 3.05) is 7.11 Å². The molecule has 0 saturated carbocycles. The monoisotopic (exact) mass is 484 g/mol. The molecule has 1 amide bonds. The summed E-state index contributed by atoms with van der Waals surface area (Å²) in [6.45, 7) is 0. The van der Waals surface area contributed by atoms with Gasteiger partial charge < -0.3 is 15.2 Å². The summed E-state index contributed by atoms with van der Waals surface area (Å²) in [5.41, 5.74) is 6.40. The minimum absolute atomic E-state index is 0.0322. The molecule has 0 atom stereocenters. The predicted octanol–water partition coefficient (Wildman–Crippen LogP) is 4.43. The van der Waals surface area contributed by atoms with Crippen LogP contribution in [0.15, 0.2) is 83.8 Å². The third kappa shape index (κ3) is 3.86. The zero-order valence-corrected chi connectivity index (χ0v) is 19.4. The topological polar surface area (TPSA) is 101 Å². The van der Waals surface area contributed by atoms with Crippen LogP contribution in [0.3, 0.4) is 0 Å². The van der Waals surface area contributed by atoms with E-state index in [-0.39, 0.29) is 17.0 Å². The number of halogens is 1. The molecule has 0 fully saturated rings. The molecule has 5 aromatic rings. The number of benzene rings is 3. The van der Waals surface area contributed by atoms with Crippen LogP contribution in [0.1, 0.15) is 10.4 Å². The highest BCUT2D eigenvalue weighted by molar-refractivity contribution is 5.99. The third-order valence-corrected chi connectivity index (χ3v) is 5.85. The lowest BCUT2D eigenvalue weighted by Crippen LogP contribution is -2.25. The Morgan fingerprint density at radius 1 is 1.00 bits per heavy atom. The van der Waals surface area contributed by atoms with Crippen molar-refractivity contribution in [3.63, 3.8) is 0 Å². The molecule has 0 bridgehead atoms. The number of nitrogens with two attached hydrogens (primary N) is 1. The second-order valence-corrected chi connectivity index (χ2v) is 8.00. The van der Waals surface area contributed by atoms with Crippen LogP contribution in [0, 0.1) is 5.82 Å². The van der Waals surface area contributed by atoms with E-state index >= 15 is 4.39 Å². The Balaban J connectivity index is 1.57. The third-order valence-electron chi connectivity index (χ3n) is 5.85. The molecular weight excluding hydrogens is 463 g/mol. The highest BCUT2D eigenvalue weighted by Gasteiger charge is 2.25. The number of amides is 1. The summed E-state index contributed by atoms with van der Waals surface area (Å²) in [5.74, 6) is -0.563. The fourth-order valence-corrected chi connectivity index (χ4v) is 4.19. The first-order valence-corrected chi connectivity index (χ1v) is 11.0. The van der Waals surface area contributed by atoms with E-state index in [1.54, 1.807) is 75.0 Å². The number of pyridine rings is 1. The molecule has 2 aromatic heterocycles. The van der Waals surface area contributed by atoms with E-state index < -0.39 is 17.3 Å². The van der Waals surface area contributed by atoms with E-state index in [0.29, 0.717) is 33.7 Å². The molecule has 0 spiro atoms. The molecule has 2 N–H and O–H groups in total. The van der Waals surface area contributed by atoms with Crippen molar-refractivity contribution in [3.8, 4) is 34.2 Å². The number of fused-ring (bicyclic) bond motifs is 1. The van der Waals surface area contributed by atoms with E-state index in [1.807, 2.05) is 6.07 Å². The van der Waals surface area contributed by atoms with Crippen molar-refractivity contribution >= 4 is 16.8 Å². The molecule has 0 aliphatic carbocycles. The van der Waals surface area contributed by atoms with Crippen LogP contribution in [0.5, 0.6) is 17.2 Å². The molecule has 9 heteroatoms. The van der Waals surface area contributed by atoms with Crippen LogP contribution in [0.2, 0.25) is 0 Å². The van der Waals surface area contributed by atoms with Gasteiger partial charge in [0.2, 0.25) is 0 Å². The van der Waals surface area contributed by atoms with Crippen LogP contribution in [-0.4, -0.2) is 27.4 Å². The van der Waals surface area contributed by atoms with Crippen LogP contribution in [0.4, 0.5) is 4.39 Å². The maximum atomic E-state index is 15.3. The first kappa shape index (κ1) is 22.9. The summed E-state index contributed by atoms with van der Waals surface area (Å²) in [5, 5.41) is 0.681. The first-order chi connectivity index (χ1) is 17.4. The van der Waals surface area contributed by atoms with E-state index in [9.17, 15) is 9.59 Å². The largest absolute Gasteiger partial charge is 0.497 e. The maximum Gasteiger partial charge on any atom is 0.284 e. The number of nitrogens with zero attached hydrogens (tertiary/aromatic N) is 3. The summed E-state index contributed by atoms with van der Waals surface area (Å²) in [6, 6.07) is 19.9. The number of hydrogen-bond donors (Lipinski definition) is 1. The molecule has 8 nitrogen and oxygen atoms in total. The summed E-state index contributed by atoms with van der Waals surface area (Å²) in [6.07, 6.45) is 1.56. The van der Waals surface area contributed by atoms with E-state index in [4.69, 9.17) is 15.2 Å². The lowest BCUT2D eigenvalue weighted by molar-refractivity contribution is 0.1000. The van der Waals surface area contributed by atoms with Crippen LogP contribution in [0.25, 0.3) is 27.8 Å². The van der Waals surface area contributed by atoms with Crippen molar-refractivity contribution in [2.24, 2.45) is 12.8 Å². The summed E-state index contributed by atoms with van der Waals surface area (Å²) in [7, 11) is 3.17. The van der Waals surface area contributed by atoms with Gasteiger partial charge in [0.1, 0.15) is 17.1 Å². The smallest absolute Gasteiger partial charge is 0.284 e. The number of methoxy groups -OCH3 is 1. The Bertz CT molecular complexity index is 1680. The Labute approximate surface area is 204 Å². The van der Waals surface area contributed by atoms with Crippen molar-refractivity contribution < 1.29 is 18.7 Å². The predicted molar refractivity (Wildman–Crippen MR) is 133 cm³/mol. The van der Waals surface area contributed by atoms with Gasteiger partial charge in [0.15, 0.2) is 11.6 Å². The molecule has 0 aliphatic rings. The maximum absolute atomic E-state index is 15.3. The molecule has 2 heterocycles. The van der Waals surface area contributed by atoms with Crippen LogP contribution < -0.4 is 20.8 Å². The SMILES string of the molecule is COc1ccc2c(Oc3ccc(-c4c(C(N)=O)c(=O)n(-c5ccccc5)n4C)cc3F)ccnc2c1. The van der Waals surface area contributed by atoms with Gasteiger partial charge in [-0.2, -0.15) is 0 Å². The van der Waals surface area contributed by atoms with Crippen molar-refractivity contribution in [1.82, 2.24) is 14.3 Å². The van der Waals surface area contributed by atoms with Gasteiger partial charge in [-0.3, -0.25) is 19.3 Å². The summed E-state index contributed by atoms with van der Waals surface area (Å²) < 4.78 is 29.2. The van der Waals surface area contributed by atoms with E-state index in [0.717, 1.165) is 0 Å². The minimum atomic E-state index is -0.903. The van der Waals surface area contributed by atoms with Crippen LogP contribution >= 0.6 is 0 Å². The van der Waals surface area contributed by atoms with Gasteiger partial charge in [-0.05, 0) is 48.5 Å². The molecule has 5 rings (SSSR count). The molecule has 0 unspecified atom stereocenters. The normalized spacial score (nSPS) is 11.0. The number of para-hydroxylation sites is 1. The van der Waals surface area contributed by atoms with E-state index in [1.165, 1.54) is 21.5 Å². The number of aromatic nitrogens is 3. The van der Waals surface area contributed by atoms with E-state index in [2.05, 4.69) is 4.98 Å². The van der Waals surface area contributed by atoms with Gasteiger partial charge in [-0.15, -0.1) is 0 Å². The second-order valence-electron chi connectivity index (χ2n) is 8.00. The van der Waals surface area contributed by atoms with Gasteiger partial charge >= 0.3 is 0 Å². The van der Waals surface area contributed by atoms with Crippen molar-refractivity contribution in [3.05, 3.63) is 101 Å². The fraction of sp³-hybridized carbons (Fsp3) is 0.0741. The average molecular weight is 484 g/mol. The second kappa shape index (κ2) is 9.03. The lowest BCUT2D eigenvalue weighted by atomic mass is 10.1. The number of carbonyl (C=O) groups is 1. The molecule has 180 valence electrons. The average Bonchev–Trinajstić information content (AvgIpc) is 3.15. The van der Waals surface area contributed by atoms with Gasteiger partial charge in [0.05, 0.1) is 24.0 Å². The Morgan fingerprint density at radius 2 is 1.78 bits per heavy atom. The molecule has 0 aliphatic heterocycles. The van der Waals surface area contributed by atoms with Gasteiger partial charge in [0.25, 0.3) is 11.5 Å². The zero-order valence-electron chi connectivity index (χ0n) is 19.4. The number of primary amides is 1. The Hall–Kier alpha value is -4.92. The van der Waals surface area contributed by atoms with Gasteiger partial charge in [0, 0.05) is 30.3 Å². The quantitative estimate of drug-likeness (QED) is 0.384. The molecular formula is C27H21FN4O4. The zero-order chi connectivity index (χ0) is 25.4. The molecule has 0 saturated heterocycles. The van der Waals surface area contributed by atoms with Crippen molar-refractivity contribution in [1.29, 1.82) is 0 Å². The molecule has 36 heavy (non-hydrogen) atoms. The standard InChI is InChI=1S/C27H21FN4O4/c1-31-25(24(26(29)33)27(34)32(31)17-6-4-3-5-7-17)16-8-11-23(20(28)14-16)36-22-12-13-30-21-15-18(35-2)9-10-19(21)22/h3-15H,1-2H3,(H2,29,33). The van der Waals surface area contributed by atoms with Crippen molar-refractivity contribution in [2.45, 2.75) is 0 Å². The number of ether oxygens (including phenoxy) is 2. The Kier molecular flexibility index (Phi) is 5.73. The minimum Gasteiger partial charge on any atom is -0.497 e. The number of carbonyl (C=O) groups excluding carboxylic acids is 1. The number of rotatable bonds is 6. The highest BCUT2D eigenvalue weighted by atomic mass is 19.1. The van der Waals surface area contributed by atoms with Crippen LogP contribution in [-0.2, 0) is 7.05 Å². The molecule has 0 radical (unpaired) electrons. The van der Waals surface area contributed by atoms with Gasteiger partial charge in [-0.1, -0.05) is 18.2 Å². The highest BCUT2D eigenvalue weighted by Crippen LogP contribution is 2.34.